The second-order valence-electron chi connectivity index (χ2n) is 9.81. The molecule has 0 radical (unpaired) electrons. The Hall–Kier alpha value is -2.96. The van der Waals surface area contributed by atoms with Crippen molar-refractivity contribution in [1.29, 1.82) is 0 Å². The van der Waals surface area contributed by atoms with Gasteiger partial charge in [-0.05, 0) is 98.5 Å². The molecular formula is C32H34O4S2. The molecule has 0 aliphatic carbocycles. The molecule has 4 nitrogen and oxygen atoms in total. The summed E-state index contributed by atoms with van der Waals surface area (Å²) in [5.41, 5.74) is 4.43. The standard InChI is InChI=1S/C32H34O4S2/c1-2-6-18-34-26-12-10-14-28-30(26)24-16-22-38-32(24)31-23(15-21-37-31)29-25(33-17-5-1)11-9-13-27(29)35-19-7-3-4-8-20-36-28/h9-16,21-22H,1-8,17-20H2. The van der Waals surface area contributed by atoms with Gasteiger partial charge in [-0.15, -0.1) is 22.7 Å². The lowest BCUT2D eigenvalue weighted by Gasteiger charge is -2.20. The van der Waals surface area contributed by atoms with Crippen LogP contribution in [0, 0.1) is 0 Å². The summed E-state index contributed by atoms with van der Waals surface area (Å²) in [7, 11) is 0. The summed E-state index contributed by atoms with van der Waals surface area (Å²) in [6.07, 6.45) is 8.53. The van der Waals surface area contributed by atoms with Gasteiger partial charge in [-0.3, -0.25) is 0 Å². The number of benzene rings is 2. The molecule has 2 aliphatic rings. The van der Waals surface area contributed by atoms with Crippen LogP contribution in [0.4, 0.5) is 0 Å². The van der Waals surface area contributed by atoms with Crippen molar-refractivity contribution in [2.24, 2.45) is 0 Å². The molecule has 198 valence electrons. The van der Waals surface area contributed by atoms with E-state index in [0.717, 1.165) is 96.6 Å². The number of thiophene rings is 2. The molecular weight excluding hydrogens is 512 g/mol. The van der Waals surface area contributed by atoms with Crippen molar-refractivity contribution < 1.29 is 18.9 Å². The fourth-order valence-corrected chi connectivity index (χ4v) is 7.24. The molecule has 2 aromatic carbocycles. The lowest BCUT2D eigenvalue weighted by atomic mass is 9.99. The van der Waals surface area contributed by atoms with E-state index in [1.165, 1.54) is 9.75 Å². The van der Waals surface area contributed by atoms with Gasteiger partial charge in [0, 0.05) is 11.1 Å². The lowest BCUT2D eigenvalue weighted by Crippen LogP contribution is -2.05. The van der Waals surface area contributed by atoms with E-state index in [-0.39, 0.29) is 0 Å². The third kappa shape index (κ3) is 5.43. The largest absolute Gasteiger partial charge is 0.493 e. The van der Waals surface area contributed by atoms with E-state index in [4.69, 9.17) is 18.9 Å². The summed E-state index contributed by atoms with van der Waals surface area (Å²) in [6, 6.07) is 16.9. The molecule has 0 fully saturated rings. The maximum absolute atomic E-state index is 6.43. The Morgan fingerprint density at radius 2 is 0.763 bits per heavy atom. The third-order valence-electron chi connectivity index (χ3n) is 7.16. The van der Waals surface area contributed by atoms with Crippen LogP contribution in [0.2, 0.25) is 0 Å². The van der Waals surface area contributed by atoms with Gasteiger partial charge in [0.05, 0.1) is 47.3 Å². The second kappa shape index (κ2) is 12.3. The first-order valence-electron chi connectivity index (χ1n) is 13.8. The summed E-state index contributed by atoms with van der Waals surface area (Å²) >= 11 is 3.53. The minimum absolute atomic E-state index is 0.699. The average molecular weight is 547 g/mol. The molecule has 4 heterocycles. The molecule has 6 heteroatoms. The van der Waals surface area contributed by atoms with Crippen LogP contribution in [-0.2, 0) is 0 Å². The Morgan fingerprint density at radius 1 is 0.421 bits per heavy atom. The highest BCUT2D eigenvalue weighted by molar-refractivity contribution is 7.21. The van der Waals surface area contributed by atoms with E-state index >= 15 is 0 Å². The molecule has 2 bridgehead atoms. The first kappa shape index (κ1) is 25.3. The van der Waals surface area contributed by atoms with Crippen molar-refractivity contribution in [2.45, 2.75) is 51.4 Å². The maximum atomic E-state index is 6.43. The molecule has 0 saturated carbocycles. The van der Waals surface area contributed by atoms with E-state index in [1.54, 1.807) is 22.7 Å². The minimum Gasteiger partial charge on any atom is -0.493 e. The summed E-state index contributed by atoms with van der Waals surface area (Å²) in [5.74, 6) is 3.62. The Labute approximate surface area is 233 Å². The molecule has 4 aromatic rings. The van der Waals surface area contributed by atoms with Gasteiger partial charge in [-0.1, -0.05) is 12.1 Å². The fourth-order valence-electron chi connectivity index (χ4n) is 5.24. The molecule has 38 heavy (non-hydrogen) atoms. The summed E-state index contributed by atoms with van der Waals surface area (Å²) in [6.45, 7) is 2.80. The van der Waals surface area contributed by atoms with Crippen LogP contribution in [0.25, 0.3) is 32.0 Å². The van der Waals surface area contributed by atoms with Crippen LogP contribution < -0.4 is 18.9 Å². The van der Waals surface area contributed by atoms with Crippen LogP contribution in [0.5, 0.6) is 23.0 Å². The van der Waals surface area contributed by atoms with Gasteiger partial charge in [0.1, 0.15) is 23.0 Å². The highest BCUT2D eigenvalue weighted by Gasteiger charge is 2.24. The lowest BCUT2D eigenvalue weighted by molar-refractivity contribution is 0.276. The predicted molar refractivity (Wildman–Crippen MR) is 157 cm³/mol. The maximum Gasteiger partial charge on any atom is 0.130 e. The zero-order valence-corrected chi connectivity index (χ0v) is 23.3. The molecule has 0 unspecified atom stereocenters. The molecule has 0 atom stereocenters. The Kier molecular flexibility index (Phi) is 8.17. The zero-order chi connectivity index (χ0) is 25.6. The molecule has 0 spiro atoms. The Morgan fingerprint density at radius 3 is 1.11 bits per heavy atom. The van der Waals surface area contributed by atoms with Crippen molar-refractivity contribution in [1.82, 2.24) is 0 Å². The average Bonchev–Trinajstić information content (AvgIpc) is 3.60. The van der Waals surface area contributed by atoms with Gasteiger partial charge < -0.3 is 18.9 Å². The van der Waals surface area contributed by atoms with Gasteiger partial charge in [0.2, 0.25) is 0 Å². The van der Waals surface area contributed by atoms with Gasteiger partial charge in [0.25, 0.3) is 0 Å². The van der Waals surface area contributed by atoms with Crippen LogP contribution in [-0.4, -0.2) is 26.4 Å². The fraction of sp³-hybridized carbons (Fsp3) is 0.375. The van der Waals surface area contributed by atoms with Crippen LogP contribution in [0.1, 0.15) is 51.4 Å². The van der Waals surface area contributed by atoms with Gasteiger partial charge >= 0.3 is 0 Å². The number of rotatable bonds is 0. The molecule has 0 N–H and O–H groups in total. The van der Waals surface area contributed by atoms with Crippen molar-refractivity contribution >= 4 is 22.7 Å². The van der Waals surface area contributed by atoms with Crippen molar-refractivity contribution in [3.8, 4) is 55.0 Å². The Balaban J connectivity index is 1.57. The SMILES string of the molecule is c1cc2c3c(c1)OCCCCCCOc1cccc(c1-c1ccsc1-c1sccc1-3)OCCCCCCO2. The minimum atomic E-state index is 0.699. The first-order chi connectivity index (χ1) is 18.9. The van der Waals surface area contributed by atoms with Gasteiger partial charge in [-0.2, -0.15) is 0 Å². The summed E-state index contributed by atoms with van der Waals surface area (Å²) in [4.78, 5) is 2.44. The van der Waals surface area contributed by atoms with E-state index in [2.05, 4.69) is 59.3 Å². The number of hydrogen-bond donors (Lipinski definition) is 0. The number of ether oxygens (including phenoxy) is 4. The smallest absolute Gasteiger partial charge is 0.130 e. The normalized spacial score (nSPS) is 16.5. The molecule has 0 saturated heterocycles. The highest BCUT2D eigenvalue weighted by Crippen LogP contribution is 2.52. The molecule has 2 aliphatic heterocycles. The monoisotopic (exact) mass is 546 g/mol. The van der Waals surface area contributed by atoms with Crippen molar-refractivity contribution in [2.75, 3.05) is 26.4 Å². The van der Waals surface area contributed by atoms with Crippen LogP contribution in [0.3, 0.4) is 0 Å². The highest BCUT2D eigenvalue weighted by atomic mass is 32.1. The van der Waals surface area contributed by atoms with E-state index in [9.17, 15) is 0 Å². The summed E-state index contributed by atoms with van der Waals surface area (Å²) in [5, 5.41) is 4.35. The predicted octanol–water partition coefficient (Wildman–Crippen LogP) is 9.47. The Bertz CT molecular complexity index is 1200. The third-order valence-corrected chi connectivity index (χ3v) is 9.15. The van der Waals surface area contributed by atoms with Gasteiger partial charge in [-0.25, -0.2) is 0 Å². The molecule has 6 rings (SSSR count). The van der Waals surface area contributed by atoms with Crippen LogP contribution in [0.15, 0.2) is 59.3 Å². The molecule has 0 amide bonds. The van der Waals surface area contributed by atoms with E-state index < -0.39 is 0 Å². The van der Waals surface area contributed by atoms with Crippen LogP contribution >= 0.6 is 22.7 Å². The second-order valence-corrected chi connectivity index (χ2v) is 11.6. The van der Waals surface area contributed by atoms with Crippen molar-refractivity contribution in [3.05, 3.63) is 59.3 Å². The quantitative estimate of drug-likeness (QED) is 0.220. The molecule has 2 aromatic heterocycles. The van der Waals surface area contributed by atoms with Crippen molar-refractivity contribution in [3.63, 3.8) is 0 Å². The number of hydrogen-bond acceptors (Lipinski definition) is 6. The first-order valence-corrected chi connectivity index (χ1v) is 15.6. The van der Waals surface area contributed by atoms with E-state index in [1.807, 2.05) is 0 Å². The van der Waals surface area contributed by atoms with E-state index in [0.29, 0.717) is 26.4 Å². The topological polar surface area (TPSA) is 36.9 Å². The summed E-state index contributed by atoms with van der Waals surface area (Å²) < 4.78 is 25.7. The zero-order valence-electron chi connectivity index (χ0n) is 21.7. The van der Waals surface area contributed by atoms with Gasteiger partial charge in [0.15, 0.2) is 0 Å².